The van der Waals surface area contributed by atoms with E-state index in [9.17, 15) is 4.79 Å². The van der Waals surface area contributed by atoms with Crippen molar-refractivity contribution in [1.82, 2.24) is 9.97 Å². The number of ether oxygens (including phenoxy) is 1. The molecule has 2 aliphatic rings. The highest BCUT2D eigenvalue weighted by atomic mass is 16.5. The number of nitrogens with zero attached hydrogens (tertiary/aromatic N) is 3. The molecular formula is C34H45N3O3. The topological polar surface area (TPSA) is 68.5 Å². The molecule has 5 rings (SSSR count). The zero-order valence-electron chi connectivity index (χ0n) is 24.9. The molecule has 6 nitrogen and oxygen atoms in total. The van der Waals surface area contributed by atoms with Crippen molar-refractivity contribution in [2.45, 2.75) is 96.8 Å². The molecule has 3 aromatic rings. The third-order valence-corrected chi connectivity index (χ3v) is 8.86. The first-order valence-electron chi connectivity index (χ1n) is 15.1. The first kappa shape index (κ1) is 28.4. The maximum absolute atomic E-state index is 14.0. The molecule has 2 saturated carbocycles. The van der Waals surface area contributed by atoms with Gasteiger partial charge in [-0.05, 0) is 86.6 Å². The van der Waals surface area contributed by atoms with Crippen molar-refractivity contribution in [1.29, 1.82) is 0 Å². The number of hydrogen-bond acceptors (Lipinski definition) is 5. The third-order valence-electron chi connectivity index (χ3n) is 8.86. The summed E-state index contributed by atoms with van der Waals surface area (Å²) < 4.78 is 11.3. The van der Waals surface area contributed by atoms with Gasteiger partial charge in [-0.25, -0.2) is 9.97 Å². The largest absolute Gasteiger partial charge is 0.496 e. The molecule has 2 heterocycles. The summed E-state index contributed by atoms with van der Waals surface area (Å²) in [6, 6.07) is 10.6. The molecule has 2 aromatic heterocycles. The Kier molecular flexibility index (Phi) is 8.62. The SMILES string of the molecule is COc1ccc(C2CCC(CN(C(=O)C3CCCCC3)c3cc(-c4coc(C(C)(C)C)n4)ccn3)CC2)cc1C. The second-order valence-corrected chi connectivity index (χ2v) is 12.9. The molecule has 40 heavy (non-hydrogen) atoms. The van der Waals surface area contributed by atoms with Crippen LogP contribution in [-0.4, -0.2) is 29.5 Å². The summed E-state index contributed by atoms with van der Waals surface area (Å²) in [5.41, 5.74) is 4.15. The molecule has 0 saturated heterocycles. The molecule has 2 aliphatic carbocycles. The van der Waals surface area contributed by atoms with Crippen LogP contribution in [0.5, 0.6) is 5.75 Å². The number of rotatable bonds is 7. The van der Waals surface area contributed by atoms with Gasteiger partial charge in [0.25, 0.3) is 0 Å². The number of aryl methyl sites for hydroxylation is 1. The first-order chi connectivity index (χ1) is 19.2. The van der Waals surface area contributed by atoms with Crippen molar-refractivity contribution in [2.24, 2.45) is 11.8 Å². The summed E-state index contributed by atoms with van der Waals surface area (Å²) in [5.74, 6) is 3.76. The predicted octanol–water partition coefficient (Wildman–Crippen LogP) is 8.24. The molecule has 0 bridgehead atoms. The van der Waals surface area contributed by atoms with Crippen LogP contribution in [0.1, 0.15) is 101 Å². The number of aromatic nitrogens is 2. The number of hydrogen-bond donors (Lipinski definition) is 0. The van der Waals surface area contributed by atoms with Gasteiger partial charge in [0.1, 0.15) is 23.5 Å². The van der Waals surface area contributed by atoms with Crippen molar-refractivity contribution in [2.75, 3.05) is 18.6 Å². The maximum Gasteiger partial charge on any atom is 0.231 e. The van der Waals surface area contributed by atoms with E-state index in [1.807, 2.05) is 17.0 Å². The minimum absolute atomic E-state index is 0.0948. The third kappa shape index (κ3) is 6.42. The van der Waals surface area contributed by atoms with E-state index < -0.39 is 0 Å². The number of methoxy groups -OCH3 is 1. The van der Waals surface area contributed by atoms with E-state index in [-0.39, 0.29) is 17.2 Å². The quantitative estimate of drug-likeness (QED) is 0.300. The van der Waals surface area contributed by atoms with E-state index in [2.05, 4.69) is 45.9 Å². The van der Waals surface area contributed by atoms with Gasteiger partial charge in [0.05, 0.1) is 7.11 Å². The zero-order valence-corrected chi connectivity index (χ0v) is 24.9. The number of benzene rings is 1. The number of pyridine rings is 1. The highest BCUT2D eigenvalue weighted by Gasteiger charge is 2.32. The van der Waals surface area contributed by atoms with Gasteiger partial charge in [-0.1, -0.05) is 52.2 Å². The number of anilines is 1. The van der Waals surface area contributed by atoms with Gasteiger partial charge in [-0.3, -0.25) is 9.69 Å². The van der Waals surface area contributed by atoms with Gasteiger partial charge in [0.15, 0.2) is 5.89 Å². The van der Waals surface area contributed by atoms with Gasteiger partial charge in [0.2, 0.25) is 5.91 Å². The van der Waals surface area contributed by atoms with Crippen molar-refractivity contribution < 1.29 is 13.9 Å². The number of carbonyl (C=O) groups excluding carboxylic acids is 1. The molecule has 0 atom stereocenters. The van der Waals surface area contributed by atoms with Crippen LogP contribution in [0, 0.1) is 18.8 Å². The second kappa shape index (κ2) is 12.2. The lowest BCUT2D eigenvalue weighted by Crippen LogP contribution is -2.41. The predicted molar refractivity (Wildman–Crippen MR) is 160 cm³/mol. The van der Waals surface area contributed by atoms with E-state index in [0.717, 1.165) is 80.7 Å². The lowest BCUT2D eigenvalue weighted by Gasteiger charge is -2.35. The molecule has 0 spiro atoms. The molecule has 6 heteroatoms. The fourth-order valence-corrected chi connectivity index (χ4v) is 6.43. The van der Waals surface area contributed by atoms with E-state index in [1.165, 1.54) is 17.5 Å². The van der Waals surface area contributed by atoms with Crippen molar-refractivity contribution >= 4 is 11.7 Å². The zero-order chi connectivity index (χ0) is 28.3. The summed E-state index contributed by atoms with van der Waals surface area (Å²) in [6.07, 6.45) is 13.5. The molecule has 1 aromatic carbocycles. The van der Waals surface area contributed by atoms with Gasteiger partial charge in [-0.15, -0.1) is 0 Å². The monoisotopic (exact) mass is 543 g/mol. The van der Waals surface area contributed by atoms with Crippen molar-refractivity contribution in [3.63, 3.8) is 0 Å². The Labute approximate surface area is 239 Å². The van der Waals surface area contributed by atoms with E-state index in [0.29, 0.717) is 17.7 Å². The molecule has 214 valence electrons. The van der Waals surface area contributed by atoms with Gasteiger partial charge < -0.3 is 9.15 Å². The van der Waals surface area contributed by atoms with Crippen LogP contribution in [0.2, 0.25) is 0 Å². The smallest absolute Gasteiger partial charge is 0.231 e. The maximum atomic E-state index is 14.0. The average Bonchev–Trinajstić information content (AvgIpc) is 3.48. The Morgan fingerprint density at radius 3 is 2.42 bits per heavy atom. The summed E-state index contributed by atoms with van der Waals surface area (Å²) in [7, 11) is 1.73. The molecule has 2 fully saturated rings. The van der Waals surface area contributed by atoms with Crippen LogP contribution in [0.25, 0.3) is 11.3 Å². The van der Waals surface area contributed by atoms with Gasteiger partial charge in [0, 0.05) is 29.6 Å². The number of carbonyl (C=O) groups is 1. The minimum atomic E-state index is -0.166. The standard InChI is InChI=1S/C34H45N3O3/c1-23-19-27(15-16-30(23)39-5)25-13-11-24(12-14-25)21-37(32(38)26-9-7-6-8-10-26)31-20-28(17-18-35-31)29-22-40-33(36-29)34(2,3)4/h15-20,22,24-26H,6-14,21H2,1-5H3. The van der Waals surface area contributed by atoms with E-state index >= 15 is 0 Å². The molecule has 0 N–H and O–H groups in total. The Balaban J connectivity index is 1.34. The molecule has 0 unspecified atom stereocenters. The van der Waals surface area contributed by atoms with E-state index in [1.54, 1.807) is 19.6 Å². The molecule has 0 aliphatic heterocycles. The summed E-state index contributed by atoms with van der Waals surface area (Å²) in [5, 5.41) is 0. The van der Waals surface area contributed by atoms with Crippen LogP contribution in [0.15, 0.2) is 47.2 Å². The van der Waals surface area contributed by atoms with Crippen LogP contribution < -0.4 is 9.64 Å². The lowest BCUT2D eigenvalue weighted by atomic mass is 9.78. The molecule has 0 radical (unpaired) electrons. The van der Waals surface area contributed by atoms with Crippen molar-refractivity contribution in [3.8, 4) is 17.0 Å². The van der Waals surface area contributed by atoms with Crippen molar-refractivity contribution in [3.05, 3.63) is 59.8 Å². The Bertz CT molecular complexity index is 1290. The Hall–Kier alpha value is -3.15. The summed E-state index contributed by atoms with van der Waals surface area (Å²) in [4.78, 5) is 25.5. The highest BCUT2D eigenvalue weighted by molar-refractivity contribution is 5.94. The van der Waals surface area contributed by atoms with E-state index in [4.69, 9.17) is 19.1 Å². The number of oxazole rings is 1. The normalized spacial score (nSPS) is 20.3. The lowest BCUT2D eigenvalue weighted by molar-refractivity contribution is -0.123. The van der Waals surface area contributed by atoms with Gasteiger partial charge >= 0.3 is 0 Å². The molecule has 1 amide bonds. The van der Waals surface area contributed by atoms with Crippen LogP contribution in [0.3, 0.4) is 0 Å². The highest BCUT2D eigenvalue weighted by Crippen LogP contribution is 2.39. The minimum Gasteiger partial charge on any atom is -0.496 e. The summed E-state index contributed by atoms with van der Waals surface area (Å²) in [6.45, 7) is 9.13. The average molecular weight is 544 g/mol. The Morgan fingerprint density at radius 1 is 1.02 bits per heavy atom. The molecular weight excluding hydrogens is 498 g/mol. The van der Waals surface area contributed by atoms with Crippen LogP contribution >= 0.6 is 0 Å². The number of amides is 1. The van der Waals surface area contributed by atoms with Crippen LogP contribution in [-0.2, 0) is 10.2 Å². The fraction of sp³-hybridized carbons (Fsp3) is 0.559. The van der Waals surface area contributed by atoms with Crippen LogP contribution in [0.4, 0.5) is 5.82 Å². The Morgan fingerprint density at radius 2 is 1.77 bits per heavy atom. The first-order valence-corrected chi connectivity index (χ1v) is 15.1. The fourth-order valence-electron chi connectivity index (χ4n) is 6.43. The summed E-state index contributed by atoms with van der Waals surface area (Å²) >= 11 is 0. The van der Waals surface area contributed by atoms with Gasteiger partial charge in [-0.2, -0.15) is 0 Å². The second-order valence-electron chi connectivity index (χ2n) is 12.9.